The second kappa shape index (κ2) is 6.68. The van der Waals surface area contributed by atoms with Gasteiger partial charge >= 0.3 is 0 Å². The van der Waals surface area contributed by atoms with Gasteiger partial charge in [0.25, 0.3) is 0 Å². The van der Waals surface area contributed by atoms with Crippen molar-refractivity contribution in [2.75, 3.05) is 13.6 Å². The molecule has 1 aromatic carbocycles. The third kappa shape index (κ3) is 4.75. The molecule has 1 rings (SSSR count). The normalized spacial score (nSPS) is 14.4. The SMILES string of the molecule is CNCC[C@H](O[Si](C)(C)C(C)(C)C)c1ccccc1. The fourth-order valence-corrected chi connectivity index (χ4v) is 3.09. The van der Waals surface area contributed by atoms with E-state index < -0.39 is 8.32 Å². The first-order valence-corrected chi connectivity index (χ1v) is 10.1. The van der Waals surface area contributed by atoms with Gasteiger partial charge in [0.05, 0.1) is 6.10 Å². The van der Waals surface area contributed by atoms with Crippen LogP contribution in [0.2, 0.25) is 18.1 Å². The molecule has 2 nitrogen and oxygen atoms in total. The van der Waals surface area contributed by atoms with E-state index >= 15 is 0 Å². The molecule has 0 aliphatic rings. The predicted octanol–water partition coefficient (Wildman–Crippen LogP) is 4.36. The highest BCUT2D eigenvalue weighted by atomic mass is 28.4. The zero-order chi connectivity index (χ0) is 14.5. The van der Waals surface area contributed by atoms with Crippen LogP contribution in [0.3, 0.4) is 0 Å². The number of nitrogens with one attached hydrogen (secondary N) is 1. The van der Waals surface area contributed by atoms with Crippen LogP contribution in [0.1, 0.15) is 38.9 Å². The molecular formula is C16H29NOSi. The van der Waals surface area contributed by atoms with Gasteiger partial charge in [-0.25, -0.2) is 0 Å². The molecule has 0 aromatic heterocycles. The molecule has 0 fully saturated rings. The molecule has 108 valence electrons. The van der Waals surface area contributed by atoms with Crippen molar-refractivity contribution in [3.63, 3.8) is 0 Å². The van der Waals surface area contributed by atoms with Crippen LogP contribution in [0.4, 0.5) is 0 Å². The number of hydrogen-bond donors (Lipinski definition) is 1. The Hall–Kier alpha value is -0.643. The first kappa shape index (κ1) is 16.4. The second-order valence-electron chi connectivity index (χ2n) is 6.67. The molecule has 1 atom stereocenters. The fraction of sp³-hybridized carbons (Fsp3) is 0.625. The zero-order valence-electron chi connectivity index (χ0n) is 13.3. The van der Waals surface area contributed by atoms with Gasteiger partial charge in [0.15, 0.2) is 8.32 Å². The summed E-state index contributed by atoms with van der Waals surface area (Å²) in [7, 11) is 0.266. The van der Waals surface area contributed by atoms with E-state index in [9.17, 15) is 0 Å². The minimum absolute atomic E-state index is 0.203. The maximum atomic E-state index is 6.59. The second-order valence-corrected chi connectivity index (χ2v) is 11.4. The van der Waals surface area contributed by atoms with Gasteiger partial charge in [-0.15, -0.1) is 0 Å². The monoisotopic (exact) mass is 279 g/mol. The lowest BCUT2D eigenvalue weighted by Crippen LogP contribution is -2.42. The van der Waals surface area contributed by atoms with E-state index in [4.69, 9.17) is 4.43 Å². The van der Waals surface area contributed by atoms with Gasteiger partial charge in [-0.1, -0.05) is 51.1 Å². The topological polar surface area (TPSA) is 21.3 Å². The van der Waals surface area contributed by atoms with Crippen LogP contribution in [-0.4, -0.2) is 21.9 Å². The molecule has 0 heterocycles. The highest BCUT2D eigenvalue weighted by Crippen LogP contribution is 2.40. The first-order chi connectivity index (χ1) is 8.78. The molecule has 0 aliphatic carbocycles. The lowest BCUT2D eigenvalue weighted by atomic mass is 10.1. The van der Waals surface area contributed by atoms with Gasteiger partial charge in [0, 0.05) is 0 Å². The van der Waals surface area contributed by atoms with Gasteiger partial charge in [0.2, 0.25) is 0 Å². The number of benzene rings is 1. The predicted molar refractivity (Wildman–Crippen MR) is 86.0 cm³/mol. The summed E-state index contributed by atoms with van der Waals surface area (Å²) in [5.41, 5.74) is 1.29. The Labute approximate surface area is 119 Å². The summed E-state index contributed by atoms with van der Waals surface area (Å²) in [6, 6.07) is 10.6. The van der Waals surface area contributed by atoms with Crippen LogP contribution in [0.15, 0.2) is 30.3 Å². The van der Waals surface area contributed by atoms with Crippen molar-refractivity contribution < 1.29 is 4.43 Å². The summed E-state index contributed by atoms with van der Waals surface area (Å²) in [6.07, 6.45) is 1.22. The van der Waals surface area contributed by atoms with Crippen LogP contribution in [0, 0.1) is 0 Å². The molecule has 0 radical (unpaired) electrons. The van der Waals surface area contributed by atoms with Gasteiger partial charge < -0.3 is 9.74 Å². The molecule has 0 saturated heterocycles. The minimum Gasteiger partial charge on any atom is -0.410 e. The molecule has 3 heteroatoms. The van der Waals surface area contributed by atoms with E-state index in [0.29, 0.717) is 0 Å². The quantitative estimate of drug-likeness (QED) is 0.781. The van der Waals surface area contributed by atoms with Crippen molar-refractivity contribution in [2.24, 2.45) is 0 Å². The van der Waals surface area contributed by atoms with Crippen LogP contribution >= 0.6 is 0 Å². The Kier molecular flexibility index (Phi) is 5.77. The molecule has 0 spiro atoms. The summed E-state index contributed by atoms with van der Waals surface area (Å²) < 4.78 is 6.59. The summed E-state index contributed by atoms with van der Waals surface area (Å²) in [5.74, 6) is 0. The van der Waals surface area contributed by atoms with Crippen LogP contribution < -0.4 is 5.32 Å². The Morgan fingerprint density at radius 3 is 2.21 bits per heavy atom. The zero-order valence-corrected chi connectivity index (χ0v) is 14.3. The maximum absolute atomic E-state index is 6.59. The minimum atomic E-state index is -1.73. The average Bonchev–Trinajstić information content (AvgIpc) is 2.34. The molecule has 0 unspecified atom stereocenters. The van der Waals surface area contributed by atoms with Crippen LogP contribution in [-0.2, 0) is 4.43 Å². The molecule has 0 bridgehead atoms. The fourth-order valence-electron chi connectivity index (χ4n) is 1.77. The van der Waals surface area contributed by atoms with Gasteiger partial charge in [-0.05, 0) is 43.7 Å². The maximum Gasteiger partial charge on any atom is 0.192 e. The summed E-state index contributed by atoms with van der Waals surface area (Å²) in [5, 5.41) is 3.48. The van der Waals surface area contributed by atoms with Gasteiger partial charge in [0.1, 0.15) is 0 Å². The van der Waals surface area contributed by atoms with E-state index in [1.54, 1.807) is 0 Å². The highest BCUT2D eigenvalue weighted by Gasteiger charge is 2.39. The Bertz CT molecular complexity index is 370. The van der Waals surface area contributed by atoms with Crippen molar-refractivity contribution >= 4 is 8.32 Å². The lowest BCUT2D eigenvalue weighted by Gasteiger charge is -2.39. The first-order valence-electron chi connectivity index (χ1n) is 7.15. The van der Waals surface area contributed by atoms with Crippen LogP contribution in [0.5, 0.6) is 0 Å². The lowest BCUT2D eigenvalue weighted by molar-refractivity contribution is 0.174. The molecule has 1 N–H and O–H groups in total. The molecule has 1 aromatic rings. The average molecular weight is 279 g/mol. The number of hydrogen-bond acceptors (Lipinski definition) is 2. The largest absolute Gasteiger partial charge is 0.410 e. The molecule has 0 amide bonds. The Balaban J connectivity index is 2.87. The third-order valence-corrected chi connectivity index (χ3v) is 8.56. The summed E-state index contributed by atoms with van der Waals surface area (Å²) in [4.78, 5) is 0. The van der Waals surface area contributed by atoms with E-state index in [1.807, 2.05) is 7.05 Å². The standard InChI is InChI=1S/C16H29NOSi/c1-16(2,3)19(5,6)18-15(12-13-17-4)14-10-8-7-9-11-14/h7-11,15,17H,12-13H2,1-6H3/t15-/m0/s1. The van der Waals surface area contributed by atoms with Crippen molar-refractivity contribution in [3.8, 4) is 0 Å². The van der Waals surface area contributed by atoms with Crippen molar-refractivity contribution in [3.05, 3.63) is 35.9 Å². The third-order valence-electron chi connectivity index (χ3n) is 4.07. The molecule has 19 heavy (non-hydrogen) atoms. The molecular weight excluding hydrogens is 250 g/mol. The van der Waals surface area contributed by atoms with E-state index in [1.165, 1.54) is 5.56 Å². The van der Waals surface area contributed by atoms with E-state index in [0.717, 1.165) is 13.0 Å². The van der Waals surface area contributed by atoms with Gasteiger partial charge in [-0.3, -0.25) is 0 Å². The van der Waals surface area contributed by atoms with Gasteiger partial charge in [-0.2, -0.15) is 0 Å². The van der Waals surface area contributed by atoms with E-state index in [2.05, 4.69) is 69.5 Å². The van der Waals surface area contributed by atoms with Crippen LogP contribution in [0.25, 0.3) is 0 Å². The Morgan fingerprint density at radius 1 is 1.16 bits per heavy atom. The van der Waals surface area contributed by atoms with Crippen molar-refractivity contribution in [2.45, 2.75) is 51.4 Å². The van der Waals surface area contributed by atoms with Crippen molar-refractivity contribution in [1.29, 1.82) is 0 Å². The summed E-state index contributed by atoms with van der Waals surface area (Å²) in [6.45, 7) is 12.5. The smallest absolute Gasteiger partial charge is 0.192 e. The molecule has 0 saturated carbocycles. The highest BCUT2D eigenvalue weighted by molar-refractivity contribution is 6.74. The van der Waals surface area contributed by atoms with Crippen molar-refractivity contribution in [1.82, 2.24) is 5.32 Å². The molecule has 0 aliphatic heterocycles. The summed E-state index contributed by atoms with van der Waals surface area (Å²) >= 11 is 0. The Morgan fingerprint density at radius 2 is 1.74 bits per heavy atom. The van der Waals surface area contributed by atoms with E-state index in [-0.39, 0.29) is 11.1 Å². The number of rotatable bonds is 6.